The SMILES string of the molecule is O=C(O)C(=O)CCCNc1ccc(-c2nnc(-c3ccccn3)nn2)nc1. The maximum atomic E-state index is 11.0. The number of carboxylic acid groups (broad SMARTS) is 1. The molecule has 3 aromatic heterocycles. The van der Waals surface area contributed by atoms with Gasteiger partial charge in [-0.25, -0.2) is 4.79 Å². The van der Waals surface area contributed by atoms with Gasteiger partial charge in [0.25, 0.3) is 0 Å². The molecule has 2 N–H and O–H groups in total. The van der Waals surface area contributed by atoms with E-state index >= 15 is 0 Å². The van der Waals surface area contributed by atoms with E-state index in [1.807, 2.05) is 6.07 Å². The second kappa shape index (κ2) is 8.52. The Hall–Kier alpha value is -3.82. The minimum absolute atomic E-state index is 0.0123. The minimum atomic E-state index is -1.41. The zero-order valence-corrected chi connectivity index (χ0v) is 14.1. The molecule has 0 saturated heterocycles. The fourth-order valence-corrected chi connectivity index (χ4v) is 2.15. The number of hydrogen-bond donors (Lipinski definition) is 2. The van der Waals surface area contributed by atoms with Crippen molar-refractivity contribution in [1.29, 1.82) is 0 Å². The van der Waals surface area contributed by atoms with Crippen LogP contribution in [-0.4, -0.2) is 53.8 Å². The lowest BCUT2D eigenvalue weighted by molar-refractivity contribution is -0.149. The molecular formula is C17H15N7O3. The topological polar surface area (TPSA) is 144 Å². The molecule has 10 nitrogen and oxygen atoms in total. The van der Waals surface area contributed by atoms with Crippen LogP contribution in [0, 0.1) is 0 Å². The number of nitrogens with zero attached hydrogens (tertiary/aromatic N) is 6. The number of aliphatic carboxylic acids is 1. The van der Waals surface area contributed by atoms with Gasteiger partial charge in [-0.1, -0.05) is 6.07 Å². The lowest BCUT2D eigenvalue weighted by Gasteiger charge is -2.05. The second-order valence-corrected chi connectivity index (χ2v) is 5.45. The third-order valence-corrected chi connectivity index (χ3v) is 3.51. The highest BCUT2D eigenvalue weighted by Gasteiger charge is 2.10. The van der Waals surface area contributed by atoms with Gasteiger partial charge >= 0.3 is 5.97 Å². The van der Waals surface area contributed by atoms with Crippen LogP contribution in [0.25, 0.3) is 23.0 Å². The van der Waals surface area contributed by atoms with Crippen LogP contribution in [0.5, 0.6) is 0 Å². The predicted octanol–water partition coefficient (Wildman–Crippen LogP) is 1.24. The van der Waals surface area contributed by atoms with E-state index in [1.54, 1.807) is 36.7 Å². The summed E-state index contributed by atoms with van der Waals surface area (Å²) in [7, 11) is 0. The molecule has 0 aromatic carbocycles. The van der Waals surface area contributed by atoms with E-state index < -0.39 is 11.8 Å². The Morgan fingerprint density at radius 2 is 1.63 bits per heavy atom. The summed E-state index contributed by atoms with van der Waals surface area (Å²) in [5.74, 6) is -1.59. The second-order valence-electron chi connectivity index (χ2n) is 5.45. The van der Waals surface area contributed by atoms with Crippen molar-refractivity contribution in [1.82, 2.24) is 30.4 Å². The molecule has 3 aromatic rings. The lowest BCUT2D eigenvalue weighted by atomic mass is 10.2. The molecular weight excluding hydrogens is 350 g/mol. The number of hydrogen-bond acceptors (Lipinski definition) is 9. The van der Waals surface area contributed by atoms with E-state index in [0.717, 1.165) is 5.69 Å². The number of carbonyl (C=O) groups excluding carboxylic acids is 1. The van der Waals surface area contributed by atoms with E-state index in [1.165, 1.54) is 0 Å². The molecule has 0 radical (unpaired) electrons. The number of rotatable bonds is 8. The first-order valence-electron chi connectivity index (χ1n) is 8.09. The lowest BCUT2D eigenvalue weighted by Crippen LogP contribution is -2.14. The first kappa shape index (κ1) is 18.0. The normalized spacial score (nSPS) is 10.4. The summed E-state index contributed by atoms with van der Waals surface area (Å²) in [5, 5.41) is 27.7. The van der Waals surface area contributed by atoms with Gasteiger partial charge in [0.2, 0.25) is 17.4 Å². The standard InChI is InChI=1S/C17H15N7O3/c25-14(17(26)27)5-3-9-18-11-6-7-13(20-10-11)16-23-21-15(22-24-16)12-4-1-2-8-19-12/h1-2,4,6-8,10,18H,3,5,9H2,(H,26,27). The third kappa shape index (κ3) is 4.84. The summed E-state index contributed by atoms with van der Waals surface area (Å²) in [4.78, 5) is 29.8. The maximum Gasteiger partial charge on any atom is 0.372 e. The van der Waals surface area contributed by atoms with E-state index in [0.29, 0.717) is 30.2 Å². The van der Waals surface area contributed by atoms with Crippen molar-refractivity contribution in [3.63, 3.8) is 0 Å². The Bertz CT molecular complexity index is 916. The van der Waals surface area contributed by atoms with Crippen molar-refractivity contribution in [3.8, 4) is 23.0 Å². The van der Waals surface area contributed by atoms with Gasteiger partial charge in [-0.15, -0.1) is 20.4 Å². The van der Waals surface area contributed by atoms with Gasteiger partial charge in [0.15, 0.2) is 0 Å². The van der Waals surface area contributed by atoms with Crippen molar-refractivity contribution in [3.05, 3.63) is 42.7 Å². The quantitative estimate of drug-likeness (QED) is 0.442. The van der Waals surface area contributed by atoms with Crippen molar-refractivity contribution >= 4 is 17.4 Å². The highest BCUT2D eigenvalue weighted by Crippen LogP contribution is 2.15. The summed E-state index contributed by atoms with van der Waals surface area (Å²) < 4.78 is 0. The zero-order valence-electron chi connectivity index (χ0n) is 14.1. The monoisotopic (exact) mass is 365 g/mol. The summed E-state index contributed by atoms with van der Waals surface area (Å²) in [6, 6.07) is 8.87. The summed E-state index contributed by atoms with van der Waals surface area (Å²) in [6.07, 6.45) is 3.63. The van der Waals surface area contributed by atoms with Gasteiger partial charge in [-0.2, -0.15) is 0 Å². The number of aromatic nitrogens is 6. The Labute approximate surface area is 153 Å². The number of carbonyl (C=O) groups is 2. The average molecular weight is 365 g/mol. The highest BCUT2D eigenvalue weighted by molar-refractivity contribution is 6.32. The molecule has 0 unspecified atom stereocenters. The Kier molecular flexibility index (Phi) is 5.67. The summed E-state index contributed by atoms with van der Waals surface area (Å²) in [6.45, 7) is 0.457. The number of anilines is 1. The number of nitrogens with one attached hydrogen (secondary N) is 1. The fourth-order valence-electron chi connectivity index (χ4n) is 2.15. The third-order valence-electron chi connectivity index (χ3n) is 3.51. The highest BCUT2D eigenvalue weighted by atomic mass is 16.4. The molecule has 136 valence electrons. The molecule has 3 rings (SSSR count). The Balaban J connectivity index is 1.57. The van der Waals surface area contributed by atoms with Gasteiger partial charge in [0, 0.05) is 19.2 Å². The predicted molar refractivity (Wildman–Crippen MR) is 94.5 cm³/mol. The van der Waals surface area contributed by atoms with Crippen LogP contribution in [-0.2, 0) is 9.59 Å². The van der Waals surface area contributed by atoms with Crippen molar-refractivity contribution in [2.45, 2.75) is 12.8 Å². The molecule has 0 fully saturated rings. The van der Waals surface area contributed by atoms with Crippen LogP contribution < -0.4 is 5.32 Å². The van der Waals surface area contributed by atoms with Gasteiger partial charge in [0.1, 0.15) is 11.4 Å². The largest absolute Gasteiger partial charge is 0.476 e. The molecule has 27 heavy (non-hydrogen) atoms. The molecule has 0 atom stereocenters. The molecule has 0 aliphatic heterocycles. The molecule has 10 heteroatoms. The Morgan fingerprint density at radius 1 is 0.926 bits per heavy atom. The van der Waals surface area contributed by atoms with Gasteiger partial charge in [-0.3, -0.25) is 14.8 Å². The molecule has 0 spiro atoms. The van der Waals surface area contributed by atoms with E-state index in [4.69, 9.17) is 5.11 Å². The summed E-state index contributed by atoms with van der Waals surface area (Å²) in [5.41, 5.74) is 1.82. The first-order chi connectivity index (χ1) is 13.1. The van der Waals surface area contributed by atoms with Crippen molar-refractivity contribution < 1.29 is 14.7 Å². The van der Waals surface area contributed by atoms with Crippen molar-refractivity contribution in [2.24, 2.45) is 0 Å². The molecule has 3 heterocycles. The van der Waals surface area contributed by atoms with Gasteiger partial charge in [-0.05, 0) is 30.7 Å². The zero-order chi connectivity index (χ0) is 19.1. The van der Waals surface area contributed by atoms with E-state index in [2.05, 4.69) is 35.7 Å². The summed E-state index contributed by atoms with van der Waals surface area (Å²) >= 11 is 0. The van der Waals surface area contributed by atoms with E-state index in [9.17, 15) is 9.59 Å². The fraction of sp³-hybridized carbons (Fsp3) is 0.176. The molecule has 0 aliphatic rings. The van der Waals surface area contributed by atoms with Crippen LogP contribution in [0.1, 0.15) is 12.8 Å². The van der Waals surface area contributed by atoms with Gasteiger partial charge < -0.3 is 10.4 Å². The maximum absolute atomic E-state index is 11.0. The van der Waals surface area contributed by atoms with Crippen LogP contribution in [0.15, 0.2) is 42.7 Å². The Morgan fingerprint density at radius 3 is 2.19 bits per heavy atom. The van der Waals surface area contributed by atoms with Crippen LogP contribution in [0.4, 0.5) is 5.69 Å². The minimum Gasteiger partial charge on any atom is -0.476 e. The van der Waals surface area contributed by atoms with Crippen LogP contribution in [0.3, 0.4) is 0 Å². The van der Waals surface area contributed by atoms with Crippen molar-refractivity contribution in [2.75, 3.05) is 11.9 Å². The first-order valence-corrected chi connectivity index (χ1v) is 8.09. The van der Waals surface area contributed by atoms with E-state index in [-0.39, 0.29) is 12.2 Å². The van der Waals surface area contributed by atoms with Crippen LogP contribution >= 0.6 is 0 Å². The number of carboxylic acids is 1. The molecule has 0 bridgehead atoms. The number of ketones is 1. The average Bonchev–Trinajstić information content (AvgIpc) is 2.72. The van der Waals surface area contributed by atoms with Gasteiger partial charge in [0.05, 0.1) is 11.9 Å². The molecule has 0 aliphatic carbocycles. The number of Topliss-reactive ketones (excluding diaryl/α,β-unsaturated/α-hetero) is 1. The molecule has 0 saturated carbocycles. The number of pyridine rings is 2. The van der Waals surface area contributed by atoms with Crippen LogP contribution in [0.2, 0.25) is 0 Å². The smallest absolute Gasteiger partial charge is 0.372 e. The molecule has 0 amide bonds.